The maximum atomic E-state index is 13.3. The lowest BCUT2D eigenvalue weighted by Gasteiger charge is -2.32. The van der Waals surface area contributed by atoms with E-state index in [0.29, 0.717) is 19.3 Å². The molecule has 0 saturated heterocycles. The summed E-state index contributed by atoms with van der Waals surface area (Å²) in [6.07, 6.45) is -1.45. The maximum Gasteiger partial charge on any atom is 0.416 e. The number of aliphatic hydroxyl groups is 1. The number of benzene rings is 1. The topological polar surface area (TPSA) is 55.8 Å². The number of carbonyl (C=O) groups is 1. The third-order valence-electron chi connectivity index (χ3n) is 6.47. The van der Waals surface area contributed by atoms with Gasteiger partial charge >= 0.3 is 6.18 Å². The van der Waals surface area contributed by atoms with Crippen molar-refractivity contribution in [2.24, 2.45) is 11.8 Å². The Bertz CT molecular complexity index is 968. The number of para-hydroxylation sites is 1. The highest BCUT2D eigenvalue weighted by atomic mass is 19.4. The predicted octanol–water partition coefficient (Wildman–Crippen LogP) is 4.30. The summed E-state index contributed by atoms with van der Waals surface area (Å²) in [5.74, 6) is -0.814. The van der Waals surface area contributed by atoms with Crippen LogP contribution in [-0.2, 0) is 4.79 Å². The van der Waals surface area contributed by atoms with Crippen molar-refractivity contribution in [1.82, 2.24) is 10.3 Å². The number of hydrazine groups is 1. The van der Waals surface area contributed by atoms with Crippen LogP contribution in [0.4, 0.5) is 18.9 Å². The summed E-state index contributed by atoms with van der Waals surface area (Å²) in [7, 11) is 0. The first-order valence-corrected chi connectivity index (χ1v) is 11.0. The number of allylic oxidation sites excluding steroid dienone is 3. The van der Waals surface area contributed by atoms with E-state index in [-0.39, 0.29) is 18.4 Å². The van der Waals surface area contributed by atoms with Crippen LogP contribution in [0.5, 0.6) is 0 Å². The van der Waals surface area contributed by atoms with Crippen molar-refractivity contribution in [2.75, 3.05) is 18.1 Å². The first-order chi connectivity index (χ1) is 15.2. The summed E-state index contributed by atoms with van der Waals surface area (Å²) in [6, 6.07) is 9.91. The minimum atomic E-state index is -4.75. The van der Waals surface area contributed by atoms with Crippen LogP contribution >= 0.6 is 0 Å². The molecule has 2 aliphatic carbocycles. The summed E-state index contributed by atoms with van der Waals surface area (Å²) in [5, 5.41) is 11.6. The predicted molar refractivity (Wildman–Crippen MR) is 116 cm³/mol. The summed E-state index contributed by atoms with van der Waals surface area (Å²) in [4.78, 5) is 14.5. The molecule has 3 atom stereocenters. The molecule has 0 fully saturated rings. The molecule has 1 heterocycles. The molecule has 0 unspecified atom stereocenters. The Morgan fingerprint density at radius 2 is 2.03 bits per heavy atom. The Kier molecular flexibility index (Phi) is 6.07. The minimum absolute atomic E-state index is 0.0290. The van der Waals surface area contributed by atoms with E-state index < -0.39 is 24.7 Å². The number of halogens is 3. The van der Waals surface area contributed by atoms with Crippen molar-refractivity contribution in [2.45, 2.75) is 45.4 Å². The fraction of sp³-hybridized carbons (Fsp3) is 0.458. The van der Waals surface area contributed by atoms with Gasteiger partial charge in [0.1, 0.15) is 0 Å². The molecule has 0 spiro atoms. The Balaban J connectivity index is 1.60. The summed E-state index contributed by atoms with van der Waals surface area (Å²) in [6.45, 7) is 3.32. The van der Waals surface area contributed by atoms with Gasteiger partial charge in [0.2, 0.25) is 5.91 Å². The van der Waals surface area contributed by atoms with E-state index in [1.807, 2.05) is 55.4 Å². The lowest BCUT2D eigenvalue weighted by molar-refractivity contribution is -0.208. The van der Waals surface area contributed by atoms with Gasteiger partial charge in [0, 0.05) is 24.2 Å². The SMILES string of the molecule is CCCN(C[C@@H](O)C(F)(F)F)C(=O)[C@H]1CCC2=C1[C@@H](C)C1=CNN(c3ccccc3)C1=C2. The van der Waals surface area contributed by atoms with E-state index in [9.17, 15) is 23.1 Å². The van der Waals surface area contributed by atoms with E-state index in [1.54, 1.807) is 0 Å². The summed E-state index contributed by atoms with van der Waals surface area (Å²) in [5.41, 5.74) is 8.46. The molecule has 1 aliphatic heterocycles. The van der Waals surface area contributed by atoms with Gasteiger partial charge in [-0.15, -0.1) is 0 Å². The van der Waals surface area contributed by atoms with Crippen LogP contribution in [0.1, 0.15) is 33.1 Å². The zero-order valence-electron chi connectivity index (χ0n) is 18.2. The Morgan fingerprint density at radius 3 is 2.69 bits per heavy atom. The number of nitrogens with one attached hydrogen (secondary N) is 1. The van der Waals surface area contributed by atoms with Crippen LogP contribution in [0.3, 0.4) is 0 Å². The van der Waals surface area contributed by atoms with Gasteiger partial charge in [0.15, 0.2) is 6.10 Å². The number of hydrogen-bond donors (Lipinski definition) is 2. The average Bonchev–Trinajstić information content (AvgIpc) is 3.38. The number of anilines is 1. The van der Waals surface area contributed by atoms with Gasteiger partial charge in [0.05, 0.1) is 23.8 Å². The van der Waals surface area contributed by atoms with Crippen LogP contribution in [0.2, 0.25) is 0 Å². The lowest BCUT2D eigenvalue weighted by atomic mass is 9.80. The Hall–Kier alpha value is -2.74. The van der Waals surface area contributed by atoms with Crippen molar-refractivity contribution in [3.05, 3.63) is 65.0 Å². The maximum absolute atomic E-state index is 13.3. The summed E-state index contributed by atoms with van der Waals surface area (Å²) >= 11 is 0. The van der Waals surface area contributed by atoms with Gasteiger partial charge in [-0.2, -0.15) is 13.2 Å². The molecule has 1 amide bonds. The molecular formula is C24H28F3N3O2. The van der Waals surface area contributed by atoms with Crippen LogP contribution < -0.4 is 10.4 Å². The van der Waals surface area contributed by atoms with Crippen LogP contribution in [-0.4, -0.2) is 41.3 Å². The van der Waals surface area contributed by atoms with Crippen molar-refractivity contribution >= 4 is 11.6 Å². The van der Waals surface area contributed by atoms with Crippen molar-refractivity contribution < 1.29 is 23.1 Å². The number of amides is 1. The molecule has 2 N–H and O–H groups in total. The molecule has 0 radical (unpaired) electrons. The number of nitrogens with zero attached hydrogens (tertiary/aromatic N) is 2. The lowest BCUT2D eigenvalue weighted by Crippen LogP contribution is -2.46. The van der Waals surface area contributed by atoms with Crippen molar-refractivity contribution in [1.29, 1.82) is 0 Å². The van der Waals surface area contributed by atoms with Gasteiger partial charge < -0.3 is 15.4 Å². The van der Waals surface area contributed by atoms with Crippen LogP contribution in [0, 0.1) is 11.8 Å². The monoisotopic (exact) mass is 447 g/mol. The highest BCUT2D eigenvalue weighted by molar-refractivity contribution is 5.84. The van der Waals surface area contributed by atoms with Gasteiger partial charge in [-0.25, -0.2) is 0 Å². The van der Waals surface area contributed by atoms with Crippen molar-refractivity contribution in [3.63, 3.8) is 0 Å². The number of carbonyl (C=O) groups excluding carboxylic acids is 1. The molecule has 0 bridgehead atoms. The molecule has 1 aromatic carbocycles. The molecule has 1 aromatic rings. The Labute approximate surface area is 185 Å². The van der Waals surface area contributed by atoms with E-state index in [0.717, 1.165) is 28.1 Å². The molecule has 8 heteroatoms. The molecule has 3 aliphatic rings. The number of aliphatic hydroxyl groups excluding tert-OH is 1. The standard InChI is InChI=1S/C24H28F3N3O2/c1-3-11-29(14-21(31)24(25,26)27)23(32)18-10-9-16-12-20-19(15(2)22(16)18)13-28-30(20)17-7-5-4-6-8-17/h4-8,12-13,15,18,21,28,31H,3,9-11,14H2,1-2H3/t15-,18-,21+/m0/s1. The number of fused-ring (bicyclic) bond motifs is 1. The fourth-order valence-corrected chi connectivity index (χ4v) is 4.93. The van der Waals surface area contributed by atoms with E-state index in [2.05, 4.69) is 11.5 Å². The average molecular weight is 448 g/mol. The number of alkyl halides is 3. The molecule has 172 valence electrons. The molecule has 4 rings (SSSR count). The second-order valence-electron chi connectivity index (χ2n) is 8.56. The minimum Gasteiger partial charge on any atom is -0.382 e. The second kappa shape index (κ2) is 8.65. The van der Waals surface area contributed by atoms with E-state index >= 15 is 0 Å². The second-order valence-corrected chi connectivity index (χ2v) is 8.56. The normalized spacial score (nSPS) is 23.2. The summed E-state index contributed by atoms with van der Waals surface area (Å²) < 4.78 is 38.8. The fourth-order valence-electron chi connectivity index (χ4n) is 4.93. The van der Waals surface area contributed by atoms with Gasteiger partial charge in [-0.05, 0) is 48.6 Å². The molecule has 5 nitrogen and oxygen atoms in total. The first kappa shape index (κ1) is 22.5. The molecule has 0 saturated carbocycles. The van der Waals surface area contributed by atoms with Gasteiger partial charge in [0.25, 0.3) is 0 Å². The molecule has 32 heavy (non-hydrogen) atoms. The smallest absolute Gasteiger partial charge is 0.382 e. The van der Waals surface area contributed by atoms with Crippen LogP contribution in [0.15, 0.2) is 65.0 Å². The van der Waals surface area contributed by atoms with Crippen molar-refractivity contribution in [3.8, 4) is 0 Å². The highest BCUT2D eigenvalue weighted by Gasteiger charge is 2.44. The van der Waals surface area contributed by atoms with Gasteiger partial charge in [-0.3, -0.25) is 9.80 Å². The van der Waals surface area contributed by atoms with E-state index in [1.165, 1.54) is 4.90 Å². The zero-order valence-corrected chi connectivity index (χ0v) is 18.2. The largest absolute Gasteiger partial charge is 0.416 e. The Morgan fingerprint density at radius 1 is 1.31 bits per heavy atom. The third-order valence-corrected chi connectivity index (χ3v) is 6.47. The molecular weight excluding hydrogens is 419 g/mol. The molecule has 0 aromatic heterocycles. The highest BCUT2D eigenvalue weighted by Crippen LogP contribution is 2.48. The number of rotatable bonds is 6. The van der Waals surface area contributed by atoms with E-state index in [4.69, 9.17) is 0 Å². The quantitative estimate of drug-likeness (QED) is 0.683. The zero-order chi connectivity index (χ0) is 23.0. The first-order valence-electron chi connectivity index (χ1n) is 11.0. The number of hydrogen-bond acceptors (Lipinski definition) is 4. The van der Waals surface area contributed by atoms with Gasteiger partial charge in [-0.1, -0.05) is 32.0 Å². The third kappa shape index (κ3) is 4.03. The van der Waals surface area contributed by atoms with Crippen LogP contribution in [0.25, 0.3) is 0 Å².